The van der Waals surface area contributed by atoms with Crippen LogP contribution in [0.1, 0.15) is 85.5 Å². The van der Waals surface area contributed by atoms with Gasteiger partial charge in [0.1, 0.15) is 6.10 Å². The Balaban J connectivity index is 1.46. The van der Waals surface area contributed by atoms with Crippen molar-refractivity contribution in [3.8, 4) is 0 Å². The monoisotopic (exact) mass is 514 g/mol. The van der Waals surface area contributed by atoms with Gasteiger partial charge in [0.2, 0.25) is 0 Å². The minimum Gasteiger partial charge on any atom is -0.478 e. The molecule has 0 unspecified atom stereocenters. The van der Waals surface area contributed by atoms with Crippen molar-refractivity contribution in [2.75, 3.05) is 0 Å². The van der Waals surface area contributed by atoms with Crippen LogP contribution < -0.4 is 0 Å². The largest absolute Gasteiger partial charge is 0.478 e. The molecule has 0 amide bonds. The van der Waals surface area contributed by atoms with Crippen LogP contribution in [0.2, 0.25) is 0 Å². The number of alkyl halides is 3. The van der Waals surface area contributed by atoms with E-state index in [1.165, 1.54) is 0 Å². The first-order valence-corrected chi connectivity index (χ1v) is 13.5. The molecule has 0 heterocycles. The van der Waals surface area contributed by atoms with Crippen LogP contribution in [-0.2, 0) is 14.3 Å². The molecule has 0 spiro atoms. The zero-order valence-electron chi connectivity index (χ0n) is 21.8. The lowest BCUT2D eigenvalue weighted by Gasteiger charge is -2.62. The number of hydrogen-bond donors (Lipinski definition) is 2. The van der Waals surface area contributed by atoms with Crippen LogP contribution in [0.4, 0.5) is 13.2 Å². The minimum atomic E-state index is -4.57. The van der Waals surface area contributed by atoms with Gasteiger partial charge in [-0.05, 0) is 111 Å². The van der Waals surface area contributed by atoms with Crippen molar-refractivity contribution in [1.82, 2.24) is 0 Å². The van der Waals surface area contributed by atoms with Crippen LogP contribution >= 0.6 is 0 Å². The van der Waals surface area contributed by atoms with Gasteiger partial charge in [-0.3, -0.25) is 0 Å². The number of carboxylic acids is 1. The van der Waals surface area contributed by atoms with Gasteiger partial charge in [-0.1, -0.05) is 20.8 Å². The Morgan fingerprint density at radius 1 is 0.944 bits per heavy atom. The number of esters is 1. The Labute approximate surface area is 211 Å². The molecular weight excluding hydrogens is 473 g/mol. The second-order valence-electron chi connectivity index (χ2n) is 12.8. The molecule has 0 aromatic heterocycles. The summed E-state index contributed by atoms with van der Waals surface area (Å²) < 4.78 is 46.3. The first-order chi connectivity index (χ1) is 16.6. The standard InChI is InChI=1S/C28H41F3O5/c1-16(17(2)36-24(34)10-9-23(32)33)20-7-8-21-19-6-5-18-15-27(35,28(29,30)31)14-13-25(18,3)22(19)11-12-26(20,21)4/h9-10,16-22,35H,5-8,11-15H2,1-4H3,(H,32,33)/b10-9+/t16-,17-,18-,19+,20-,21+,22+,25+,26-,27-/m1/s1. The lowest BCUT2D eigenvalue weighted by molar-refractivity contribution is -0.290. The quantitative estimate of drug-likeness (QED) is 0.340. The van der Waals surface area contributed by atoms with E-state index >= 15 is 0 Å². The zero-order valence-corrected chi connectivity index (χ0v) is 21.8. The molecule has 204 valence electrons. The highest BCUT2D eigenvalue weighted by Crippen LogP contribution is 2.69. The summed E-state index contributed by atoms with van der Waals surface area (Å²) in [7, 11) is 0. The molecule has 0 radical (unpaired) electrons. The molecule has 36 heavy (non-hydrogen) atoms. The second kappa shape index (κ2) is 9.32. The maximum absolute atomic E-state index is 13.6. The number of carboxylic acid groups (broad SMARTS) is 1. The fourth-order valence-electron chi connectivity index (χ4n) is 9.20. The summed E-state index contributed by atoms with van der Waals surface area (Å²) in [4.78, 5) is 22.7. The van der Waals surface area contributed by atoms with Gasteiger partial charge < -0.3 is 14.9 Å². The van der Waals surface area contributed by atoms with Gasteiger partial charge in [0.25, 0.3) is 0 Å². The second-order valence-corrected chi connectivity index (χ2v) is 12.8. The lowest BCUT2D eigenvalue weighted by Crippen LogP contribution is -2.59. The molecule has 4 saturated carbocycles. The maximum Gasteiger partial charge on any atom is 0.417 e. The van der Waals surface area contributed by atoms with Crippen LogP contribution in [0.3, 0.4) is 0 Å². The number of hydrogen-bond acceptors (Lipinski definition) is 4. The van der Waals surface area contributed by atoms with E-state index in [-0.39, 0.29) is 41.6 Å². The van der Waals surface area contributed by atoms with Gasteiger partial charge in [0, 0.05) is 12.2 Å². The average molecular weight is 515 g/mol. The van der Waals surface area contributed by atoms with Gasteiger partial charge in [-0.25, -0.2) is 9.59 Å². The Hall–Kier alpha value is -1.57. The molecule has 0 saturated heterocycles. The maximum atomic E-state index is 13.6. The summed E-state index contributed by atoms with van der Waals surface area (Å²) in [5.74, 6) is -0.0996. The molecule has 10 atom stereocenters. The molecule has 8 heteroatoms. The van der Waals surface area contributed by atoms with Gasteiger partial charge in [-0.15, -0.1) is 0 Å². The summed E-state index contributed by atoms with van der Waals surface area (Å²) in [5, 5.41) is 19.2. The average Bonchev–Trinajstić information content (AvgIpc) is 3.14. The molecule has 5 nitrogen and oxygen atoms in total. The summed E-state index contributed by atoms with van der Waals surface area (Å²) in [6.45, 7) is 8.53. The van der Waals surface area contributed by atoms with E-state index in [2.05, 4.69) is 20.8 Å². The van der Waals surface area contributed by atoms with Crippen molar-refractivity contribution < 1.29 is 37.7 Å². The van der Waals surface area contributed by atoms with Crippen LogP contribution in [0, 0.1) is 46.3 Å². The van der Waals surface area contributed by atoms with E-state index in [9.17, 15) is 27.9 Å². The molecule has 0 aromatic carbocycles. The molecule has 0 aromatic rings. The van der Waals surface area contributed by atoms with Crippen molar-refractivity contribution in [2.24, 2.45) is 46.3 Å². The number of aliphatic hydroxyl groups is 1. The van der Waals surface area contributed by atoms with Crippen molar-refractivity contribution >= 4 is 11.9 Å². The molecule has 0 bridgehead atoms. The van der Waals surface area contributed by atoms with E-state index in [0.717, 1.165) is 50.7 Å². The smallest absolute Gasteiger partial charge is 0.417 e. The SMILES string of the molecule is C[C@@H]([C@H]1CC[C@H]2[C@@H]3CC[C@@H]4C[C@@](O)(C(F)(F)F)CC[C@]4(C)[C@H]3CC[C@]12C)[C@@H](C)OC(=O)/C=C/C(=O)O. The minimum absolute atomic E-state index is 0.0860. The van der Waals surface area contributed by atoms with Gasteiger partial charge >= 0.3 is 18.1 Å². The Bertz CT molecular complexity index is 902. The third-order valence-electron chi connectivity index (χ3n) is 11.4. The van der Waals surface area contributed by atoms with Crippen LogP contribution in [0.25, 0.3) is 0 Å². The summed E-state index contributed by atoms with van der Waals surface area (Å²) in [6.07, 6.45) is 2.65. The fraction of sp³-hybridized carbons (Fsp3) is 0.857. The number of ether oxygens (including phenoxy) is 1. The highest BCUT2D eigenvalue weighted by atomic mass is 19.4. The van der Waals surface area contributed by atoms with Gasteiger partial charge in [-0.2, -0.15) is 13.2 Å². The number of fused-ring (bicyclic) bond motifs is 5. The molecular formula is C28H41F3O5. The van der Waals surface area contributed by atoms with Crippen LogP contribution in [0.15, 0.2) is 12.2 Å². The third kappa shape index (κ3) is 4.49. The number of carbonyl (C=O) groups is 2. The highest BCUT2D eigenvalue weighted by molar-refractivity contribution is 5.90. The number of aliphatic carboxylic acids is 1. The number of halogens is 3. The summed E-state index contributed by atoms with van der Waals surface area (Å²) >= 11 is 0. The van der Waals surface area contributed by atoms with E-state index in [1.54, 1.807) is 0 Å². The van der Waals surface area contributed by atoms with E-state index < -0.39 is 23.7 Å². The molecule has 2 N–H and O–H groups in total. The van der Waals surface area contributed by atoms with Crippen molar-refractivity contribution in [3.63, 3.8) is 0 Å². The Kier molecular flexibility index (Phi) is 7.11. The zero-order chi connectivity index (χ0) is 26.7. The van der Waals surface area contributed by atoms with Gasteiger partial charge in [0.05, 0.1) is 0 Å². The van der Waals surface area contributed by atoms with E-state index in [4.69, 9.17) is 9.84 Å². The van der Waals surface area contributed by atoms with Crippen LogP contribution in [-0.4, -0.2) is 40.0 Å². The van der Waals surface area contributed by atoms with E-state index in [1.807, 2.05) is 6.92 Å². The number of rotatable bonds is 5. The normalized spacial score (nSPS) is 44.3. The molecule has 0 aliphatic heterocycles. The first-order valence-electron chi connectivity index (χ1n) is 13.5. The Morgan fingerprint density at radius 3 is 2.25 bits per heavy atom. The third-order valence-corrected chi connectivity index (χ3v) is 11.4. The van der Waals surface area contributed by atoms with Crippen molar-refractivity contribution in [1.29, 1.82) is 0 Å². The molecule has 4 rings (SSSR count). The molecule has 4 fully saturated rings. The van der Waals surface area contributed by atoms with Crippen molar-refractivity contribution in [3.05, 3.63) is 12.2 Å². The lowest BCUT2D eigenvalue weighted by atomic mass is 9.43. The highest BCUT2D eigenvalue weighted by Gasteiger charge is 2.65. The number of carbonyl (C=O) groups excluding carboxylic acids is 1. The Morgan fingerprint density at radius 2 is 1.61 bits per heavy atom. The van der Waals surface area contributed by atoms with Crippen LogP contribution in [0.5, 0.6) is 0 Å². The molecule has 4 aliphatic carbocycles. The van der Waals surface area contributed by atoms with E-state index in [0.29, 0.717) is 30.1 Å². The fourth-order valence-corrected chi connectivity index (χ4v) is 9.20. The summed E-state index contributed by atoms with van der Waals surface area (Å²) in [6, 6.07) is 0. The topological polar surface area (TPSA) is 83.8 Å². The first kappa shape index (κ1) is 27.5. The van der Waals surface area contributed by atoms with Gasteiger partial charge in [0.15, 0.2) is 5.60 Å². The summed E-state index contributed by atoms with van der Waals surface area (Å²) in [5.41, 5.74) is -2.62. The van der Waals surface area contributed by atoms with Crippen molar-refractivity contribution in [2.45, 2.75) is 103 Å². The predicted octanol–water partition coefficient (Wildman–Crippen LogP) is 6.15. The molecule has 4 aliphatic rings. The predicted molar refractivity (Wildman–Crippen MR) is 128 cm³/mol.